The molecule has 23 heavy (non-hydrogen) atoms. The summed E-state index contributed by atoms with van der Waals surface area (Å²) in [6, 6.07) is 13.8. The molecule has 0 saturated heterocycles. The molecule has 0 bridgehead atoms. The third kappa shape index (κ3) is 2.36. The molecule has 1 aliphatic heterocycles. The molecule has 0 fully saturated rings. The number of hydrogen-bond acceptors (Lipinski definition) is 4. The maximum atomic E-state index is 12.9. The quantitative estimate of drug-likeness (QED) is 0.811. The van der Waals surface area contributed by atoms with Crippen LogP contribution in [0.25, 0.3) is 0 Å². The second kappa shape index (κ2) is 5.98. The smallest absolute Gasteiger partial charge is 0.212 e. The fourth-order valence-electron chi connectivity index (χ4n) is 3.02. The van der Waals surface area contributed by atoms with Crippen LogP contribution in [-0.4, -0.2) is 23.7 Å². The van der Waals surface area contributed by atoms with Crippen LogP contribution in [0.5, 0.6) is 0 Å². The minimum absolute atomic E-state index is 0.0121. The lowest BCUT2D eigenvalue weighted by Crippen LogP contribution is -2.19. The Kier molecular flexibility index (Phi) is 4.01. The van der Waals surface area contributed by atoms with Gasteiger partial charge in [0.2, 0.25) is 5.78 Å². The number of fused-ring (bicyclic) bond motifs is 1. The average molecular weight is 323 g/mol. The number of hydrogen-bond donors (Lipinski definition) is 0. The highest BCUT2D eigenvalue weighted by Crippen LogP contribution is 2.41. The molecule has 1 unspecified atom stereocenters. The van der Waals surface area contributed by atoms with Crippen LogP contribution in [0.15, 0.2) is 53.2 Å². The largest absolute Gasteiger partial charge is 0.353 e. The number of aromatic nitrogens is 1. The zero-order chi connectivity index (χ0) is 16.6. The summed E-state index contributed by atoms with van der Waals surface area (Å²) in [5.41, 5.74) is 3.08. The number of allylic oxidation sites excluding steroid dienone is 2. The molecule has 0 amide bonds. The monoisotopic (exact) mass is 323 g/mol. The number of nitrogens with zero attached hydrogens (tertiary/aromatic N) is 3. The van der Waals surface area contributed by atoms with Crippen LogP contribution < -0.4 is 4.90 Å². The molecule has 5 heteroatoms. The van der Waals surface area contributed by atoms with E-state index in [9.17, 15) is 10.1 Å². The second-order valence-corrected chi connectivity index (χ2v) is 6.28. The summed E-state index contributed by atoms with van der Waals surface area (Å²) in [7, 11) is 3.80. The van der Waals surface area contributed by atoms with Gasteiger partial charge >= 0.3 is 0 Å². The number of aryl methyl sites for hydroxylation is 1. The molecule has 1 aromatic carbocycles. The molecular weight excluding hydrogens is 306 g/mol. The topological polar surface area (TPSA) is 49.0 Å². The van der Waals surface area contributed by atoms with Gasteiger partial charge in [0.1, 0.15) is 11.6 Å². The number of thioether (sulfide) groups is 1. The lowest BCUT2D eigenvalue weighted by molar-refractivity contribution is 0.103. The lowest BCUT2D eigenvalue weighted by atomic mass is 10.0. The fraction of sp³-hybridized carbons (Fsp3) is 0.222. The summed E-state index contributed by atoms with van der Waals surface area (Å²) in [6.45, 7) is 0. The summed E-state index contributed by atoms with van der Waals surface area (Å²) in [5.74, 6) is -0.470. The number of rotatable bonds is 3. The van der Waals surface area contributed by atoms with Crippen LogP contribution in [0, 0.1) is 11.3 Å². The van der Waals surface area contributed by atoms with E-state index in [0.717, 1.165) is 16.3 Å². The summed E-state index contributed by atoms with van der Waals surface area (Å²) >= 11 is 1.47. The van der Waals surface area contributed by atoms with Crippen LogP contribution >= 0.6 is 11.8 Å². The molecule has 3 rings (SSSR count). The number of anilines is 1. The Hall–Kier alpha value is -2.45. The van der Waals surface area contributed by atoms with Gasteiger partial charge in [-0.05, 0) is 30.5 Å². The Bertz CT molecular complexity index is 844. The summed E-state index contributed by atoms with van der Waals surface area (Å²) in [6.07, 6.45) is 3.83. The van der Waals surface area contributed by atoms with Gasteiger partial charge in [-0.1, -0.05) is 12.1 Å². The van der Waals surface area contributed by atoms with E-state index in [0.29, 0.717) is 11.3 Å². The molecule has 4 nitrogen and oxygen atoms in total. The molecule has 2 aromatic rings. The van der Waals surface area contributed by atoms with Crippen LogP contribution in [0.4, 0.5) is 5.69 Å². The van der Waals surface area contributed by atoms with E-state index >= 15 is 0 Å². The first-order chi connectivity index (χ1) is 11.1. The van der Waals surface area contributed by atoms with Crippen molar-refractivity contribution in [2.75, 3.05) is 18.2 Å². The normalized spacial score (nSPS) is 17.0. The Morgan fingerprint density at radius 2 is 1.96 bits per heavy atom. The van der Waals surface area contributed by atoms with Crippen molar-refractivity contribution in [3.8, 4) is 6.07 Å². The van der Waals surface area contributed by atoms with Gasteiger partial charge in [0.15, 0.2) is 0 Å². The highest BCUT2D eigenvalue weighted by atomic mass is 32.2. The van der Waals surface area contributed by atoms with Gasteiger partial charge in [-0.15, -0.1) is 11.8 Å². The first-order valence-electron chi connectivity index (χ1n) is 7.26. The second-order valence-electron chi connectivity index (χ2n) is 5.43. The van der Waals surface area contributed by atoms with Crippen molar-refractivity contribution in [3.05, 3.63) is 64.5 Å². The van der Waals surface area contributed by atoms with Crippen LogP contribution in [0.2, 0.25) is 0 Å². The zero-order valence-corrected chi connectivity index (χ0v) is 14.1. The van der Waals surface area contributed by atoms with Crippen LogP contribution in [-0.2, 0) is 7.05 Å². The molecule has 0 aliphatic carbocycles. The van der Waals surface area contributed by atoms with E-state index in [1.165, 1.54) is 11.8 Å². The van der Waals surface area contributed by atoms with E-state index in [1.807, 2.05) is 72.4 Å². The predicted molar refractivity (Wildman–Crippen MR) is 93.5 cm³/mol. The number of Topliss-reactive ketones (excluding diaryl/α,β-unsaturated/α-hetero) is 1. The molecule has 2 heterocycles. The van der Waals surface area contributed by atoms with Crippen molar-refractivity contribution in [1.82, 2.24) is 4.57 Å². The number of carbonyl (C=O) groups is 1. The minimum atomic E-state index is -0.458. The lowest BCUT2D eigenvalue weighted by Gasteiger charge is -2.20. The standard InChI is InChI=1S/C18H17N3OS/c1-20-10-6-9-14(20)13(11-19)18(23-3)16-17(22)12-7-4-5-8-15(12)21(16)2/h4-10,13H,1-3H3/b18-16-. The number of para-hydroxylation sites is 1. The summed E-state index contributed by atoms with van der Waals surface area (Å²) in [4.78, 5) is 15.5. The van der Waals surface area contributed by atoms with Crippen molar-refractivity contribution in [2.45, 2.75) is 5.92 Å². The van der Waals surface area contributed by atoms with Gasteiger partial charge in [0, 0.05) is 36.5 Å². The number of nitriles is 1. The predicted octanol–water partition coefficient (Wildman–Crippen LogP) is 3.54. The number of likely N-dealkylation sites (N-methyl/N-ethyl adjacent to an activating group) is 1. The minimum Gasteiger partial charge on any atom is -0.353 e. The van der Waals surface area contributed by atoms with Gasteiger partial charge < -0.3 is 9.47 Å². The molecule has 0 N–H and O–H groups in total. The highest BCUT2D eigenvalue weighted by Gasteiger charge is 2.35. The Morgan fingerprint density at radius 3 is 2.52 bits per heavy atom. The zero-order valence-electron chi connectivity index (χ0n) is 13.3. The van der Waals surface area contributed by atoms with E-state index in [-0.39, 0.29) is 5.78 Å². The third-order valence-electron chi connectivity index (χ3n) is 4.18. The molecule has 0 radical (unpaired) electrons. The molecule has 116 valence electrons. The SMILES string of the molecule is CS/C(=C1/C(=O)c2ccccc2N1C)C(C#N)c1cccn1C. The van der Waals surface area contributed by atoms with Gasteiger partial charge in [-0.3, -0.25) is 4.79 Å². The number of carbonyl (C=O) groups excluding carboxylic acids is 1. The molecule has 0 spiro atoms. The molecular formula is C18H17N3OS. The van der Waals surface area contributed by atoms with E-state index < -0.39 is 5.92 Å². The van der Waals surface area contributed by atoms with Gasteiger partial charge in [0.05, 0.1) is 11.8 Å². The van der Waals surface area contributed by atoms with Gasteiger partial charge in [-0.25, -0.2) is 0 Å². The maximum Gasteiger partial charge on any atom is 0.212 e. The van der Waals surface area contributed by atoms with Crippen molar-refractivity contribution in [3.63, 3.8) is 0 Å². The Balaban J connectivity index is 2.17. The van der Waals surface area contributed by atoms with E-state index in [1.54, 1.807) is 0 Å². The van der Waals surface area contributed by atoms with Crippen molar-refractivity contribution in [1.29, 1.82) is 5.26 Å². The van der Waals surface area contributed by atoms with Crippen LogP contribution in [0.1, 0.15) is 22.0 Å². The Labute approximate surface area is 140 Å². The summed E-state index contributed by atoms with van der Waals surface area (Å²) in [5, 5.41) is 9.73. The first kappa shape index (κ1) is 15.4. The third-order valence-corrected chi connectivity index (χ3v) is 5.05. The van der Waals surface area contributed by atoms with Gasteiger partial charge in [-0.2, -0.15) is 5.26 Å². The molecule has 1 atom stereocenters. The summed E-state index contributed by atoms with van der Waals surface area (Å²) < 4.78 is 1.93. The first-order valence-corrected chi connectivity index (χ1v) is 8.49. The molecule has 0 saturated carbocycles. The molecule has 1 aromatic heterocycles. The van der Waals surface area contributed by atoms with E-state index in [2.05, 4.69) is 6.07 Å². The van der Waals surface area contributed by atoms with Gasteiger partial charge in [0.25, 0.3) is 0 Å². The maximum absolute atomic E-state index is 12.9. The number of benzene rings is 1. The van der Waals surface area contributed by atoms with E-state index in [4.69, 9.17) is 0 Å². The number of ketones is 1. The van der Waals surface area contributed by atoms with Crippen molar-refractivity contribution in [2.24, 2.45) is 7.05 Å². The van der Waals surface area contributed by atoms with Crippen LogP contribution in [0.3, 0.4) is 0 Å². The highest BCUT2D eigenvalue weighted by molar-refractivity contribution is 8.02. The Morgan fingerprint density at radius 1 is 1.22 bits per heavy atom. The average Bonchev–Trinajstić information content (AvgIpc) is 3.09. The molecule has 1 aliphatic rings. The van der Waals surface area contributed by atoms with Crippen molar-refractivity contribution >= 4 is 23.2 Å². The fourth-order valence-corrected chi connectivity index (χ4v) is 3.85. The van der Waals surface area contributed by atoms with Crippen molar-refractivity contribution < 1.29 is 4.79 Å².